The summed E-state index contributed by atoms with van der Waals surface area (Å²) in [4.78, 5) is 12.4. The molecule has 0 aliphatic carbocycles. The van der Waals surface area contributed by atoms with Crippen LogP contribution in [0.15, 0.2) is 59.5 Å². The molecule has 0 unspecified atom stereocenters. The Balaban J connectivity index is 1.79. The Bertz CT molecular complexity index is 781. The van der Waals surface area contributed by atoms with Crippen molar-refractivity contribution in [2.45, 2.75) is 43.3 Å². The largest absolute Gasteiger partial charge is 0.352 e. The molecule has 0 heterocycles. The maximum atomic E-state index is 12.1. The third-order valence-corrected chi connectivity index (χ3v) is 6.26. The predicted molar refractivity (Wildman–Crippen MR) is 100 cm³/mol. The molecular weight excluding hydrogens is 334 g/mol. The highest BCUT2D eigenvalue weighted by Crippen LogP contribution is 2.16. The summed E-state index contributed by atoms with van der Waals surface area (Å²) in [7, 11) is -3.30. The highest BCUT2D eigenvalue weighted by molar-refractivity contribution is 7.92. The number of aryl methyl sites for hydroxylation is 1. The molecule has 0 spiro atoms. The van der Waals surface area contributed by atoms with Crippen molar-refractivity contribution in [3.05, 3.63) is 65.7 Å². The summed E-state index contributed by atoms with van der Waals surface area (Å²) in [5.41, 5.74) is 1.78. The number of amides is 1. The topological polar surface area (TPSA) is 63.2 Å². The van der Waals surface area contributed by atoms with Crippen LogP contribution in [-0.2, 0) is 16.3 Å². The van der Waals surface area contributed by atoms with Gasteiger partial charge in [-0.05, 0) is 62.9 Å². The molecule has 0 aromatic heterocycles. The van der Waals surface area contributed by atoms with E-state index in [1.165, 1.54) is 17.7 Å². The van der Waals surface area contributed by atoms with E-state index in [1.54, 1.807) is 26.0 Å². The number of hydrogen-bond acceptors (Lipinski definition) is 3. The molecule has 0 aliphatic heterocycles. The summed E-state index contributed by atoms with van der Waals surface area (Å²) in [6.07, 6.45) is 2.91. The van der Waals surface area contributed by atoms with Gasteiger partial charge in [0, 0.05) is 12.1 Å². The molecule has 2 aromatic carbocycles. The summed E-state index contributed by atoms with van der Waals surface area (Å²) in [6, 6.07) is 16.4. The summed E-state index contributed by atoms with van der Waals surface area (Å²) in [6.45, 7) is 3.90. The quantitative estimate of drug-likeness (QED) is 0.732. The van der Waals surface area contributed by atoms with Gasteiger partial charge in [0.05, 0.1) is 10.1 Å². The minimum atomic E-state index is -3.30. The molecule has 4 nitrogen and oxygen atoms in total. The molecule has 2 aromatic rings. The number of carbonyl (C=O) groups is 1. The van der Waals surface area contributed by atoms with Crippen LogP contribution < -0.4 is 5.32 Å². The molecule has 0 radical (unpaired) electrons. The molecular formula is C20H25NO3S. The third kappa shape index (κ3) is 5.43. The van der Waals surface area contributed by atoms with Gasteiger partial charge in [-0.25, -0.2) is 8.42 Å². The Morgan fingerprint density at radius 1 is 0.960 bits per heavy atom. The molecule has 0 atom stereocenters. The molecule has 2 rings (SSSR count). The molecule has 1 N–H and O–H groups in total. The average Bonchev–Trinajstić information content (AvgIpc) is 2.62. The number of benzene rings is 2. The first-order valence-electron chi connectivity index (χ1n) is 8.57. The van der Waals surface area contributed by atoms with Crippen LogP contribution in [0, 0.1) is 0 Å². The summed E-state index contributed by atoms with van der Waals surface area (Å²) < 4.78 is 24.1. The van der Waals surface area contributed by atoms with E-state index in [1.807, 2.05) is 18.2 Å². The number of nitrogens with one attached hydrogen (secondary N) is 1. The molecule has 0 bridgehead atoms. The fraction of sp³-hybridized carbons (Fsp3) is 0.350. The van der Waals surface area contributed by atoms with E-state index in [9.17, 15) is 13.2 Å². The second-order valence-corrected chi connectivity index (χ2v) is 8.82. The third-order valence-electron chi connectivity index (χ3n) is 4.09. The van der Waals surface area contributed by atoms with Gasteiger partial charge in [0.2, 0.25) is 0 Å². The van der Waals surface area contributed by atoms with Crippen molar-refractivity contribution in [3.63, 3.8) is 0 Å². The minimum Gasteiger partial charge on any atom is -0.352 e. The minimum absolute atomic E-state index is 0.173. The van der Waals surface area contributed by atoms with Crippen LogP contribution >= 0.6 is 0 Å². The Kier molecular flexibility index (Phi) is 6.76. The Labute approximate surface area is 150 Å². The van der Waals surface area contributed by atoms with Gasteiger partial charge in [-0.2, -0.15) is 0 Å². The van der Waals surface area contributed by atoms with Crippen molar-refractivity contribution >= 4 is 15.7 Å². The zero-order valence-corrected chi connectivity index (χ0v) is 15.6. The Morgan fingerprint density at radius 3 is 2.20 bits per heavy atom. The van der Waals surface area contributed by atoms with Crippen LogP contribution in [0.2, 0.25) is 0 Å². The van der Waals surface area contributed by atoms with Gasteiger partial charge in [0.25, 0.3) is 5.91 Å². The number of carbonyl (C=O) groups excluding carboxylic acids is 1. The summed E-state index contributed by atoms with van der Waals surface area (Å²) in [5.74, 6) is -0.173. The molecule has 0 fully saturated rings. The van der Waals surface area contributed by atoms with E-state index >= 15 is 0 Å². The maximum absolute atomic E-state index is 12.1. The standard InChI is InChI=1S/C20H25NO3S/c1-16(2)25(23,24)19-13-11-18(12-14-19)20(22)21-15-7-6-10-17-8-4-3-5-9-17/h3-5,8-9,11-14,16H,6-7,10,15H2,1-2H3,(H,21,22). The second kappa shape index (κ2) is 8.81. The lowest BCUT2D eigenvalue weighted by molar-refractivity contribution is 0.0953. The van der Waals surface area contributed by atoms with Crippen molar-refractivity contribution in [1.29, 1.82) is 0 Å². The van der Waals surface area contributed by atoms with Crippen molar-refractivity contribution in [1.82, 2.24) is 5.32 Å². The predicted octanol–water partition coefficient (Wildman–Crippen LogP) is 3.62. The molecule has 25 heavy (non-hydrogen) atoms. The van der Waals surface area contributed by atoms with E-state index in [4.69, 9.17) is 0 Å². The van der Waals surface area contributed by atoms with Crippen LogP contribution in [0.1, 0.15) is 42.6 Å². The van der Waals surface area contributed by atoms with Gasteiger partial charge < -0.3 is 5.32 Å². The van der Waals surface area contributed by atoms with Gasteiger partial charge in [-0.15, -0.1) is 0 Å². The van der Waals surface area contributed by atoms with Gasteiger partial charge in [0.15, 0.2) is 9.84 Å². The lowest BCUT2D eigenvalue weighted by Gasteiger charge is -2.09. The first kappa shape index (κ1) is 19.2. The van der Waals surface area contributed by atoms with Crippen molar-refractivity contribution < 1.29 is 13.2 Å². The molecule has 5 heteroatoms. The van der Waals surface area contributed by atoms with E-state index in [2.05, 4.69) is 17.4 Å². The lowest BCUT2D eigenvalue weighted by atomic mass is 10.1. The zero-order valence-electron chi connectivity index (χ0n) is 14.7. The molecule has 134 valence electrons. The second-order valence-electron chi connectivity index (χ2n) is 6.32. The Hall–Kier alpha value is -2.14. The fourth-order valence-corrected chi connectivity index (χ4v) is 3.53. The highest BCUT2D eigenvalue weighted by atomic mass is 32.2. The van der Waals surface area contributed by atoms with Crippen molar-refractivity contribution in [2.75, 3.05) is 6.54 Å². The molecule has 0 saturated carbocycles. The monoisotopic (exact) mass is 359 g/mol. The molecule has 0 saturated heterocycles. The van der Waals surface area contributed by atoms with Crippen molar-refractivity contribution in [3.8, 4) is 0 Å². The van der Waals surface area contributed by atoms with Gasteiger partial charge in [-0.1, -0.05) is 30.3 Å². The van der Waals surface area contributed by atoms with Crippen LogP contribution in [0.5, 0.6) is 0 Å². The number of sulfone groups is 1. The summed E-state index contributed by atoms with van der Waals surface area (Å²) >= 11 is 0. The van der Waals surface area contributed by atoms with E-state index in [0.29, 0.717) is 12.1 Å². The smallest absolute Gasteiger partial charge is 0.251 e. The first-order chi connectivity index (χ1) is 11.9. The lowest BCUT2D eigenvalue weighted by Crippen LogP contribution is -2.24. The van der Waals surface area contributed by atoms with Gasteiger partial charge in [0.1, 0.15) is 0 Å². The van der Waals surface area contributed by atoms with E-state index in [-0.39, 0.29) is 10.8 Å². The maximum Gasteiger partial charge on any atom is 0.251 e. The average molecular weight is 359 g/mol. The van der Waals surface area contributed by atoms with E-state index < -0.39 is 15.1 Å². The van der Waals surface area contributed by atoms with Gasteiger partial charge >= 0.3 is 0 Å². The number of unbranched alkanes of at least 4 members (excludes halogenated alkanes) is 1. The van der Waals surface area contributed by atoms with Crippen LogP contribution in [0.25, 0.3) is 0 Å². The first-order valence-corrected chi connectivity index (χ1v) is 10.1. The normalized spacial score (nSPS) is 11.5. The zero-order chi connectivity index (χ0) is 18.3. The van der Waals surface area contributed by atoms with Crippen LogP contribution in [0.4, 0.5) is 0 Å². The van der Waals surface area contributed by atoms with Crippen LogP contribution in [0.3, 0.4) is 0 Å². The Morgan fingerprint density at radius 2 is 1.60 bits per heavy atom. The SMILES string of the molecule is CC(C)S(=O)(=O)c1ccc(C(=O)NCCCCc2ccccc2)cc1. The number of rotatable bonds is 8. The fourth-order valence-electron chi connectivity index (χ4n) is 2.47. The highest BCUT2D eigenvalue weighted by Gasteiger charge is 2.19. The van der Waals surface area contributed by atoms with Crippen molar-refractivity contribution in [2.24, 2.45) is 0 Å². The van der Waals surface area contributed by atoms with Gasteiger partial charge in [-0.3, -0.25) is 4.79 Å². The summed E-state index contributed by atoms with van der Waals surface area (Å²) in [5, 5.41) is 2.40. The van der Waals surface area contributed by atoms with Crippen LogP contribution in [-0.4, -0.2) is 26.1 Å². The number of hydrogen-bond donors (Lipinski definition) is 1. The molecule has 0 aliphatic rings. The van der Waals surface area contributed by atoms with E-state index in [0.717, 1.165) is 19.3 Å². The molecule has 1 amide bonds.